The molecule has 1 aliphatic carbocycles. The Hall–Kier alpha value is -0.530. The van der Waals surface area contributed by atoms with Crippen LogP contribution < -0.4 is 0 Å². The van der Waals surface area contributed by atoms with Crippen LogP contribution in [0.4, 0.5) is 0 Å². The van der Waals surface area contributed by atoms with Crippen LogP contribution in [0.5, 0.6) is 0 Å². The average Bonchev–Trinajstić information content (AvgIpc) is 2.69. The quantitative estimate of drug-likeness (QED) is 0.488. The number of hydrogen-bond acceptors (Lipinski definition) is 1. The molecule has 2 heteroatoms. The number of rotatable bonds is 3. The van der Waals surface area contributed by atoms with Gasteiger partial charge in [0.2, 0.25) is 0 Å². The maximum atomic E-state index is 7.82. The average molecular weight is 154 g/mol. The van der Waals surface area contributed by atoms with Crippen molar-refractivity contribution in [2.75, 3.05) is 13.1 Å². The lowest BCUT2D eigenvalue weighted by atomic mass is 10.3. The fourth-order valence-electron chi connectivity index (χ4n) is 1.50. The van der Waals surface area contributed by atoms with Crippen LogP contribution in [-0.2, 0) is 0 Å². The largest absolute Gasteiger partial charge is 0.361 e. The molecule has 2 unspecified atom stereocenters. The maximum Gasteiger partial charge on any atom is 0.0992 e. The van der Waals surface area contributed by atoms with Crippen molar-refractivity contribution in [1.29, 1.82) is 5.41 Å². The molecule has 0 aliphatic heterocycles. The molecule has 0 radical (unpaired) electrons. The van der Waals surface area contributed by atoms with Gasteiger partial charge in [-0.2, -0.15) is 0 Å². The fourth-order valence-corrected chi connectivity index (χ4v) is 1.50. The standard InChI is InChI=1S/C9H18N2/c1-4-11(5-2)9(10)8-6-7(8)3/h7-8,10H,4-6H2,1-3H3. The lowest BCUT2D eigenvalue weighted by Crippen LogP contribution is -2.31. The maximum absolute atomic E-state index is 7.82. The Morgan fingerprint density at radius 2 is 1.91 bits per heavy atom. The van der Waals surface area contributed by atoms with Gasteiger partial charge in [0.1, 0.15) is 0 Å². The van der Waals surface area contributed by atoms with Crippen LogP contribution >= 0.6 is 0 Å². The first kappa shape index (κ1) is 8.57. The summed E-state index contributed by atoms with van der Waals surface area (Å²) in [6.45, 7) is 8.43. The highest BCUT2D eigenvalue weighted by atomic mass is 15.2. The summed E-state index contributed by atoms with van der Waals surface area (Å²) in [6, 6.07) is 0. The van der Waals surface area contributed by atoms with Crippen LogP contribution in [0, 0.1) is 17.2 Å². The third-order valence-corrected chi connectivity index (χ3v) is 2.56. The van der Waals surface area contributed by atoms with E-state index in [1.54, 1.807) is 0 Å². The van der Waals surface area contributed by atoms with Crippen LogP contribution in [0.25, 0.3) is 0 Å². The topological polar surface area (TPSA) is 27.1 Å². The normalized spacial score (nSPS) is 28.3. The zero-order valence-corrected chi connectivity index (χ0v) is 7.72. The monoisotopic (exact) mass is 154 g/mol. The molecule has 1 N–H and O–H groups in total. The van der Waals surface area contributed by atoms with E-state index in [4.69, 9.17) is 5.41 Å². The van der Waals surface area contributed by atoms with Gasteiger partial charge in [-0.25, -0.2) is 0 Å². The Labute approximate surface area is 69.1 Å². The summed E-state index contributed by atoms with van der Waals surface area (Å²) in [5, 5.41) is 7.82. The molecule has 0 aromatic rings. The van der Waals surface area contributed by atoms with Crippen molar-refractivity contribution in [3.63, 3.8) is 0 Å². The van der Waals surface area contributed by atoms with E-state index < -0.39 is 0 Å². The summed E-state index contributed by atoms with van der Waals surface area (Å²) >= 11 is 0. The van der Waals surface area contributed by atoms with Gasteiger partial charge in [0.15, 0.2) is 0 Å². The number of nitrogens with one attached hydrogen (secondary N) is 1. The summed E-state index contributed by atoms with van der Waals surface area (Å²) in [7, 11) is 0. The molecule has 0 bridgehead atoms. The number of hydrogen-bond donors (Lipinski definition) is 1. The lowest BCUT2D eigenvalue weighted by molar-refractivity contribution is 0.446. The van der Waals surface area contributed by atoms with E-state index in [0.29, 0.717) is 5.92 Å². The van der Waals surface area contributed by atoms with Crippen molar-refractivity contribution in [1.82, 2.24) is 4.90 Å². The van der Waals surface area contributed by atoms with E-state index in [1.807, 2.05) is 0 Å². The summed E-state index contributed by atoms with van der Waals surface area (Å²) in [4.78, 5) is 2.15. The van der Waals surface area contributed by atoms with E-state index in [2.05, 4.69) is 25.7 Å². The van der Waals surface area contributed by atoms with Crippen molar-refractivity contribution in [2.24, 2.45) is 11.8 Å². The van der Waals surface area contributed by atoms with E-state index in [-0.39, 0.29) is 0 Å². The molecule has 0 aromatic heterocycles. The molecule has 0 saturated heterocycles. The van der Waals surface area contributed by atoms with Crippen molar-refractivity contribution in [2.45, 2.75) is 27.2 Å². The minimum atomic E-state index is 0.579. The van der Waals surface area contributed by atoms with Crippen molar-refractivity contribution >= 4 is 5.84 Å². The van der Waals surface area contributed by atoms with Gasteiger partial charge in [-0.1, -0.05) is 6.92 Å². The van der Waals surface area contributed by atoms with Gasteiger partial charge < -0.3 is 4.90 Å². The Bertz CT molecular complexity index is 150. The molecule has 0 aromatic carbocycles. The number of nitrogens with zero attached hydrogens (tertiary/aromatic N) is 1. The van der Waals surface area contributed by atoms with Crippen molar-refractivity contribution in [3.8, 4) is 0 Å². The summed E-state index contributed by atoms with van der Waals surface area (Å²) < 4.78 is 0. The first-order chi connectivity index (χ1) is 5.20. The predicted octanol–water partition coefficient (Wildman–Crippen LogP) is 1.96. The molecule has 2 nitrogen and oxygen atoms in total. The van der Waals surface area contributed by atoms with Crippen LogP contribution in [0.2, 0.25) is 0 Å². The Kier molecular flexibility index (Phi) is 2.53. The zero-order valence-electron chi connectivity index (χ0n) is 7.72. The third kappa shape index (κ3) is 1.73. The summed E-state index contributed by atoms with van der Waals surface area (Å²) in [5.41, 5.74) is 0. The molecule has 0 spiro atoms. The van der Waals surface area contributed by atoms with E-state index in [1.165, 1.54) is 6.42 Å². The third-order valence-electron chi connectivity index (χ3n) is 2.56. The molecule has 0 heterocycles. The molecule has 1 aliphatic rings. The summed E-state index contributed by atoms with van der Waals surface area (Å²) in [5.74, 6) is 2.21. The second-order valence-electron chi connectivity index (χ2n) is 3.38. The van der Waals surface area contributed by atoms with Gasteiger partial charge in [0.25, 0.3) is 0 Å². The molecule has 1 fully saturated rings. The number of amidine groups is 1. The molecule has 64 valence electrons. The highest BCUT2D eigenvalue weighted by Crippen LogP contribution is 2.39. The fraction of sp³-hybridized carbons (Fsp3) is 0.889. The van der Waals surface area contributed by atoms with Crippen LogP contribution in [0.3, 0.4) is 0 Å². The minimum Gasteiger partial charge on any atom is -0.361 e. The second kappa shape index (κ2) is 3.24. The highest BCUT2D eigenvalue weighted by Gasteiger charge is 2.37. The molecule has 1 rings (SSSR count). The Morgan fingerprint density at radius 1 is 1.45 bits per heavy atom. The molecule has 2 atom stereocenters. The van der Waals surface area contributed by atoms with Crippen LogP contribution in [0.15, 0.2) is 0 Å². The Morgan fingerprint density at radius 3 is 2.18 bits per heavy atom. The first-order valence-corrected chi connectivity index (χ1v) is 4.54. The molecule has 11 heavy (non-hydrogen) atoms. The minimum absolute atomic E-state index is 0.579. The first-order valence-electron chi connectivity index (χ1n) is 4.54. The molecular formula is C9H18N2. The van der Waals surface area contributed by atoms with E-state index >= 15 is 0 Å². The van der Waals surface area contributed by atoms with Crippen LogP contribution in [-0.4, -0.2) is 23.8 Å². The molecular weight excluding hydrogens is 136 g/mol. The van der Waals surface area contributed by atoms with Gasteiger partial charge in [-0.15, -0.1) is 0 Å². The van der Waals surface area contributed by atoms with Gasteiger partial charge >= 0.3 is 0 Å². The van der Waals surface area contributed by atoms with Gasteiger partial charge in [0, 0.05) is 19.0 Å². The predicted molar refractivity (Wildman–Crippen MR) is 47.9 cm³/mol. The molecule has 0 amide bonds. The lowest BCUT2D eigenvalue weighted by Gasteiger charge is -2.21. The van der Waals surface area contributed by atoms with Crippen LogP contribution in [0.1, 0.15) is 27.2 Å². The highest BCUT2D eigenvalue weighted by molar-refractivity contribution is 5.84. The Balaban J connectivity index is 2.39. The summed E-state index contributed by atoms with van der Waals surface area (Å²) in [6.07, 6.45) is 1.23. The smallest absolute Gasteiger partial charge is 0.0992 e. The van der Waals surface area contributed by atoms with Gasteiger partial charge in [0.05, 0.1) is 5.84 Å². The van der Waals surface area contributed by atoms with E-state index in [0.717, 1.165) is 24.8 Å². The molecule has 1 saturated carbocycles. The zero-order chi connectivity index (χ0) is 8.43. The van der Waals surface area contributed by atoms with E-state index in [9.17, 15) is 0 Å². The van der Waals surface area contributed by atoms with Crippen molar-refractivity contribution in [3.05, 3.63) is 0 Å². The van der Waals surface area contributed by atoms with Crippen molar-refractivity contribution < 1.29 is 0 Å². The second-order valence-corrected chi connectivity index (χ2v) is 3.38. The van der Waals surface area contributed by atoms with Gasteiger partial charge in [-0.05, 0) is 26.2 Å². The van der Waals surface area contributed by atoms with Gasteiger partial charge in [-0.3, -0.25) is 5.41 Å². The SMILES string of the molecule is CCN(CC)C(=N)C1CC1C.